The molecule has 35 heavy (non-hydrogen) atoms. The molecule has 3 aliphatic rings. The second-order valence-corrected chi connectivity index (χ2v) is 8.61. The minimum Gasteiger partial charge on any atom is -0.460 e. The predicted molar refractivity (Wildman–Crippen MR) is 119 cm³/mol. The van der Waals surface area contributed by atoms with Crippen LogP contribution in [0.2, 0.25) is 0 Å². The van der Waals surface area contributed by atoms with Crippen molar-refractivity contribution in [3.05, 3.63) is 76.9 Å². The fourth-order valence-corrected chi connectivity index (χ4v) is 4.69. The van der Waals surface area contributed by atoms with Crippen LogP contribution in [0.3, 0.4) is 0 Å². The standard InChI is InChI=1S/C25H15F3N4O3/c26-25(27,28)11-1-4-15-16(9-11)31-24(30-15)21-20-14-10-12(2-5-17(14)35-22(20)21)34-18-7-8-29-23-13(18)3-6-19(33)32-23/h1-2,4-5,7-10,20H,3,6H2,(H,30,31)(H,29,32,33). The number of carbonyl (C=O) groups is 1. The van der Waals surface area contributed by atoms with E-state index in [0.717, 1.165) is 34.6 Å². The lowest BCUT2D eigenvalue weighted by Gasteiger charge is -2.19. The summed E-state index contributed by atoms with van der Waals surface area (Å²) in [6, 6.07) is 10.7. The quantitative estimate of drug-likeness (QED) is 0.405. The molecule has 10 heteroatoms. The molecular weight excluding hydrogens is 461 g/mol. The molecule has 0 bridgehead atoms. The third-order valence-corrected chi connectivity index (χ3v) is 6.41. The Kier molecular flexibility index (Phi) is 3.92. The van der Waals surface area contributed by atoms with Gasteiger partial charge in [0.05, 0.1) is 22.5 Å². The van der Waals surface area contributed by atoms with Gasteiger partial charge < -0.3 is 19.8 Å². The molecule has 7 rings (SSSR count). The van der Waals surface area contributed by atoms with Crippen molar-refractivity contribution in [1.82, 2.24) is 15.0 Å². The van der Waals surface area contributed by atoms with E-state index < -0.39 is 11.7 Å². The molecule has 1 atom stereocenters. The van der Waals surface area contributed by atoms with E-state index in [1.54, 1.807) is 18.3 Å². The highest BCUT2D eigenvalue weighted by atomic mass is 19.4. The topological polar surface area (TPSA) is 89.1 Å². The van der Waals surface area contributed by atoms with Crippen LogP contribution >= 0.6 is 0 Å². The number of ether oxygens (including phenoxy) is 2. The highest BCUT2D eigenvalue weighted by Gasteiger charge is 2.50. The summed E-state index contributed by atoms with van der Waals surface area (Å²) in [6.07, 6.45) is -1.93. The molecule has 2 aliphatic heterocycles. The number of H-pyrrole nitrogens is 1. The Labute approximate surface area is 195 Å². The number of rotatable bonds is 3. The summed E-state index contributed by atoms with van der Waals surface area (Å²) >= 11 is 0. The Bertz CT molecular complexity index is 1610. The van der Waals surface area contributed by atoms with Crippen LogP contribution in [0, 0.1) is 0 Å². The number of hydrogen-bond acceptors (Lipinski definition) is 5. The van der Waals surface area contributed by atoms with Crippen LogP contribution in [0.25, 0.3) is 16.6 Å². The number of imidazole rings is 1. The summed E-state index contributed by atoms with van der Waals surface area (Å²) in [5, 5.41) is 2.76. The van der Waals surface area contributed by atoms with E-state index in [-0.39, 0.29) is 11.8 Å². The van der Waals surface area contributed by atoms with Gasteiger partial charge in [0.2, 0.25) is 5.91 Å². The molecule has 2 aromatic carbocycles. The normalized spacial score (nSPS) is 18.0. The summed E-state index contributed by atoms with van der Waals surface area (Å²) in [6.45, 7) is 0. The van der Waals surface area contributed by atoms with Crippen molar-refractivity contribution in [1.29, 1.82) is 0 Å². The van der Waals surface area contributed by atoms with Crippen LogP contribution in [0.5, 0.6) is 17.2 Å². The number of nitrogens with zero attached hydrogens (tertiary/aromatic N) is 2. The zero-order valence-electron chi connectivity index (χ0n) is 17.9. The van der Waals surface area contributed by atoms with Gasteiger partial charge in [0.25, 0.3) is 0 Å². The molecule has 0 radical (unpaired) electrons. The average Bonchev–Trinajstić information content (AvgIpc) is 3.18. The Morgan fingerprint density at radius 1 is 1.09 bits per heavy atom. The van der Waals surface area contributed by atoms with Gasteiger partial charge in [-0.15, -0.1) is 0 Å². The van der Waals surface area contributed by atoms with Crippen molar-refractivity contribution in [3.8, 4) is 17.2 Å². The van der Waals surface area contributed by atoms with Crippen LogP contribution in [0.15, 0.2) is 54.4 Å². The van der Waals surface area contributed by atoms with Crippen molar-refractivity contribution < 1.29 is 27.4 Å². The van der Waals surface area contributed by atoms with Crippen molar-refractivity contribution in [2.24, 2.45) is 0 Å². The molecule has 1 unspecified atom stereocenters. The SMILES string of the molecule is O=C1CCc2c(Oc3ccc4c(c3)C3C(=C3c3nc5ccc(C(F)(F)F)cc5[nH]3)O4)ccnc2N1. The van der Waals surface area contributed by atoms with Crippen molar-refractivity contribution in [2.45, 2.75) is 24.9 Å². The number of aromatic nitrogens is 3. The summed E-state index contributed by atoms with van der Waals surface area (Å²) in [5.41, 5.74) is 2.62. The Balaban J connectivity index is 1.17. The first-order valence-electron chi connectivity index (χ1n) is 10.9. The summed E-state index contributed by atoms with van der Waals surface area (Å²) in [7, 11) is 0. The third-order valence-electron chi connectivity index (χ3n) is 6.41. The number of alkyl halides is 3. The number of pyridine rings is 1. The molecule has 1 amide bonds. The second kappa shape index (κ2) is 6.84. The first-order chi connectivity index (χ1) is 16.8. The molecule has 0 spiro atoms. The molecule has 0 fully saturated rings. The lowest BCUT2D eigenvalue weighted by atomic mass is 10.1. The van der Waals surface area contributed by atoms with Gasteiger partial charge in [0, 0.05) is 29.3 Å². The minimum atomic E-state index is -4.42. The molecule has 2 N–H and O–H groups in total. The first kappa shape index (κ1) is 20.1. The summed E-state index contributed by atoms with van der Waals surface area (Å²) in [5.74, 6) is 3.47. The number of fused-ring (bicyclic) bond motifs is 5. The van der Waals surface area contributed by atoms with Gasteiger partial charge >= 0.3 is 6.18 Å². The van der Waals surface area contributed by atoms with Gasteiger partial charge in [-0.05, 0) is 48.9 Å². The van der Waals surface area contributed by atoms with Crippen LogP contribution in [0.1, 0.15) is 34.9 Å². The lowest BCUT2D eigenvalue weighted by molar-refractivity contribution is -0.137. The maximum Gasteiger partial charge on any atom is 0.416 e. The van der Waals surface area contributed by atoms with E-state index in [2.05, 4.69) is 20.3 Å². The number of anilines is 1. The summed E-state index contributed by atoms with van der Waals surface area (Å²) < 4.78 is 51.3. The highest BCUT2D eigenvalue weighted by Crippen LogP contribution is 2.61. The number of nitrogens with one attached hydrogen (secondary N) is 2. The van der Waals surface area contributed by atoms with Crippen molar-refractivity contribution >= 4 is 28.3 Å². The van der Waals surface area contributed by atoms with E-state index in [0.29, 0.717) is 52.8 Å². The first-order valence-corrected chi connectivity index (χ1v) is 10.9. The average molecular weight is 476 g/mol. The maximum absolute atomic E-state index is 13.1. The number of amides is 1. The number of allylic oxidation sites excluding steroid dienone is 2. The Morgan fingerprint density at radius 3 is 2.83 bits per heavy atom. The van der Waals surface area contributed by atoms with Gasteiger partial charge in [-0.25, -0.2) is 9.97 Å². The van der Waals surface area contributed by atoms with E-state index >= 15 is 0 Å². The Morgan fingerprint density at radius 2 is 1.97 bits per heavy atom. The fraction of sp³-hybridized carbons (Fsp3) is 0.160. The molecular formula is C25H15F3N4O3. The Hall–Kier alpha value is -4.34. The lowest BCUT2D eigenvalue weighted by Crippen LogP contribution is -2.20. The molecule has 7 nitrogen and oxygen atoms in total. The number of halogens is 3. The van der Waals surface area contributed by atoms with E-state index in [4.69, 9.17) is 9.47 Å². The molecule has 2 aromatic heterocycles. The molecule has 4 aromatic rings. The van der Waals surface area contributed by atoms with Gasteiger partial charge in [-0.3, -0.25) is 4.79 Å². The van der Waals surface area contributed by atoms with Crippen molar-refractivity contribution in [2.75, 3.05) is 5.32 Å². The van der Waals surface area contributed by atoms with Crippen LogP contribution in [-0.4, -0.2) is 20.9 Å². The summed E-state index contributed by atoms with van der Waals surface area (Å²) in [4.78, 5) is 23.3. The second-order valence-electron chi connectivity index (χ2n) is 8.61. The van der Waals surface area contributed by atoms with Crippen molar-refractivity contribution in [3.63, 3.8) is 0 Å². The van der Waals surface area contributed by atoms with Gasteiger partial charge in [-0.1, -0.05) is 0 Å². The fourth-order valence-electron chi connectivity index (χ4n) is 4.69. The molecule has 0 saturated heterocycles. The van der Waals surface area contributed by atoms with Crippen LogP contribution in [-0.2, 0) is 17.4 Å². The number of aromatic amines is 1. The molecule has 0 saturated carbocycles. The van der Waals surface area contributed by atoms with E-state index in [1.807, 2.05) is 12.1 Å². The minimum absolute atomic E-state index is 0.0723. The van der Waals surface area contributed by atoms with Gasteiger partial charge in [-0.2, -0.15) is 13.2 Å². The number of hydrogen-bond donors (Lipinski definition) is 2. The zero-order chi connectivity index (χ0) is 23.9. The number of benzene rings is 2. The molecule has 174 valence electrons. The zero-order valence-corrected chi connectivity index (χ0v) is 17.9. The predicted octanol–water partition coefficient (Wildman–Crippen LogP) is 5.55. The van der Waals surface area contributed by atoms with E-state index in [9.17, 15) is 18.0 Å². The van der Waals surface area contributed by atoms with Crippen LogP contribution < -0.4 is 14.8 Å². The highest BCUT2D eigenvalue weighted by molar-refractivity contribution is 5.94. The third kappa shape index (κ3) is 3.17. The molecule has 4 heterocycles. The van der Waals surface area contributed by atoms with Gasteiger partial charge in [0.15, 0.2) is 0 Å². The van der Waals surface area contributed by atoms with Gasteiger partial charge in [0.1, 0.15) is 34.6 Å². The maximum atomic E-state index is 13.1. The number of carbonyl (C=O) groups excluding carboxylic acids is 1. The largest absolute Gasteiger partial charge is 0.460 e. The smallest absolute Gasteiger partial charge is 0.416 e. The van der Waals surface area contributed by atoms with E-state index in [1.165, 1.54) is 6.07 Å². The van der Waals surface area contributed by atoms with Crippen LogP contribution in [0.4, 0.5) is 19.0 Å². The molecule has 1 aliphatic carbocycles. The monoisotopic (exact) mass is 476 g/mol.